The van der Waals surface area contributed by atoms with Gasteiger partial charge in [0.05, 0.1) is 24.7 Å². The van der Waals surface area contributed by atoms with Crippen LogP contribution in [-0.2, 0) is 36.8 Å². The monoisotopic (exact) mass is 859 g/mol. The Kier molecular flexibility index (Phi) is 14.7. The first-order chi connectivity index (χ1) is 26.4. The number of rotatable bonds is 19. The van der Waals surface area contributed by atoms with E-state index in [9.17, 15) is 37.1 Å². The fourth-order valence-electron chi connectivity index (χ4n) is 5.23. The summed E-state index contributed by atoms with van der Waals surface area (Å²) in [6.07, 6.45) is 4.54. The third kappa shape index (κ3) is 13.1. The van der Waals surface area contributed by atoms with E-state index >= 15 is 0 Å². The van der Waals surface area contributed by atoms with Crippen LogP contribution in [0.15, 0.2) is 48.8 Å². The average Bonchev–Trinajstić information content (AvgIpc) is 4.04. The van der Waals surface area contributed by atoms with Crippen molar-refractivity contribution in [3.05, 3.63) is 80.7 Å². The predicted octanol–water partition coefficient (Wildman–Crippen LogP) is 7.15. The van der Waals surface area contributed by atoms with Gasteiger partial charge >= 0.3 is 18.6 Å². The molecule has 0 radical (unpaired) electrons. The van der Waals surface area contributed by atoms with Gasteiger partial charge in [0.1, 0.15) is 34.0 Å². The van der Waals surface area contributed by atoms with Gasteiger partial charge in [-0.05, 0) is 94.2 Å². The fourth-order valence-corrected chi connectivity index (χ4v) is 6.96. The molecule has 2 aliphatic carbocycles. The van der Waals surface area contributed by atoms with E-state index in [1.807, 2.05) is 0 Å². The molecule has 0 bridgehead atoms. The summed E-state index contributed by atoms with van der Waals surface area (Å²) in [6.45, 7) is 1.68. The maximum atomic E-state index is 13.4. The quantitative estimate of drug-likeness (QED) is 0.0518. The summed E-state index contributed by atoms with van der Waals surface area (Å²) < 4.78 is 79.6. The molecule has 2 aromatic carbocycles. The molecule has 1 unspecified atom stereocenters. The summed E-state index contributed by atoms with van der Waals surface area (Å²) in [5.41, 5.74) is -0.219. The highest BCUT2D eigenvalue weighted by molar-refractivity contribution is 8.14. The van der Waals surface area contributed by atoms with Crippen LogP contribution in [0, 0.1) is 17.0 Å². The van der Waals surface area contributed by atoms with E-state index in [1.54, 1.807) is 20.8 Å². The zero-order chi connectivity index (χ0) is 40.7. The lowest BCUT2D eigenvalue weighted by Crippen LogP contribution is -2.36. The summed E-state index contributed by atoms with van der Waals surface area (Å²) in [6, 6.07) is 8.07. The van der Waals surface area contributed by atoms with Crippen molar-refractivity contribution in [2.24, 2.45) is 11.8 Å². The van der Waals surface area contributed by atoms with Gasteiger partial charge in [-0.25, -0.2) is 0 Å². The molecule has 19 heteroatoms. The van der Waals surface area contributed by atoms with Crippen molar-refractivity contribution in [3.8, 4) is 17.2 Å². The predicted molar refractivity (Wildman–Crippen MR) is 203 cm³/mol. The highest BCUT2D eigenvalue weighted by Gasteiger charge is 2.29. The number of carbonyl (C=O) groups excluding carboxylic acids is 3. The molecule has 2 fully saturated rings. The van der Waals surface area contributed by atoms with Gasteiger partial charge in [0.25, 0.3) is 0 Å². The van der Waals surface area contributed by atoms with Crippen LogP contribution >= 0.6 is 35.0 Å². The van der Waals surface area contributed by atoms with Crippen molar-refractivity contribution in [2.75, 3.05) is 29.8 Å². The van der Waals surface area contributed by atoms with E-state index in [0.29, 0.717) is 22.1 Å². The number of ether oxygens (including phenoxy) is 5. The molecule has 2 atom stereocenters. The third-order valence-corrected chi connectivity index (χ3v) is 10.5. The highest BCUT2D eigenvalue weighted by atomic mass is 35.5. The Labute approximate surface area is 338 Å². The molecule has 0 spiro atoms. The maximum absolute atomic E-state index is 13.4. The van der Waals surface area contributed by atoms with E-state index in [0.717, 1.165) is 42.4 Å². The number of esters is 2. The Morgan fingerprint density at radius 1 is 0.946 bits per heavy atom. The number of hydrogen-bond acceptors (Lipinski definition) is 12. The van der Waals surface area contributed by atoms with Crippen molar-refractivity contribution in [1.82, 2.24) is 0 Å². The molecule has 1 aromatic heterocycles. The number of halogens is 4. The van der Waals surface area contributed by atoms with Crippen LogP contribution in [0.3, 0.4) is 0 Å². The summed E-state index contributed by atoms with van der Waals surface area (Å²) >= 11 is 10.4. The van der Waals surface area contributed by atoms with E-state index < -0.39 is 58.9 Å². The first kappa shape index (κ1) is 43.2. The summed E-state index contributed by atoms with van der Waals surface area (Å²) in [5, 5.41) is 11.3. The van der Waals surface area contributed by atoms with E-state index in [2.05, 4.69) is 4.74 Å². The van der Waals surface area contributed by atoms with Gasteiger partial charge in [0.2, 0.25) is 5.12 Å². The van der Waals surface area contributed by atoms with Gasteiger partial charge in [-0.1, -0.05) is 41.0 Å². The minimum atomic E-state index is -3.13. The molecule has 13 nitrogen and oxygen atoms in total. The van der Waals surface area contributed by atoms with Gasteiger partial charge in [-0.3, -0.25) is 22.9 Å². The van der Waals surface area contributed by atoms with Crippen LogP contribution in [0.1, 0.15) is 74.0 Å². The van der Waals surface area contributed by atoms with Crippen LogP contribution in [0.4, 0.5) is 14.5 Å². The van der Waals surface area contributed by atoms with Crippen LogP contribution in [0.5, 0.6) is 17.2 Å². The molecule has 0 amide bonds. The van der Waals surface area contributed by atoms with Crippen molar-refractivity contribution >= 4 is 69.0 Å². The summed E-state index contributed by atoms with van der Waals surface area (Å²) in [7, 11) is 0. The average molecular weight is 861 g/mol. The smallest absolute Gasteiger partial charge is 0.387 e. The minimum Gasteiger partial charge on any atom is -0.755 e. The standard InChI is InChI=1S/C37H40Cl2F2N2O11S2/c1-37(2,3)54-33(44)17-43(56(48)49)28-10-8-24(13-31(28)50-18-21-4-5-21)35(46)55-20-34(45)52-30(14-25-26(38)15-42(47)16-27(25)39)23-9-11-29(53-36(40)41)32(12-23)51-19-22-6-7-22/h8-13,15-16,21-22,30,36H,4-7,14,17-20H2,1-3H3,(H,48,49)/p-1/t30-/m0/s1. The lowest BCUT2D eigenvalue weighted by molar-refractivity contribution is -0.605. The topological polar surface area (TPSA) is 168 Å². The Morgan fingerprint density at radius 3 is 2.14 bits per heavy atom. The Bertz CT molecular complexity index is 1920. The Hall–Kier alpha value is -3.90. The number of nitrogens with zero attached hydrogens (tertiary/aromatic N) is 2. The molecule has 304 valence electrons. The zero-order valence-electron chi connectivity index (χ0n) is 30.5. The first-order valence-corrected chi connectivity index (χ1v) is 20.2. The van der Waals surface area contributed by atoms with Gasteiger partial charge in [-0.15, -0.1) is 0 Å². The van der Waals surface area contributed by atoms with E-state index in [-0.39, 0.29) is 75.6 Å². The Balaban J connectivity index is 1.34. The second-order valence-electron chi connectivity index (χ2n) is 14.2. The number of pyridine rings is 1. The van der Waals surface area contributed by atoms with Gasteiger partial charge in [-0.2, -0.15) is 13.5 Å². The third-order valence-electron chi connectivity index (χ3n) is 8.28. The lowest BCUT2D eigenvalue weighted by atomic mass is 10.0. The molecule has 0 N–H and O–H groups in total. The fraction of sp³-hybridized carbons (Fsp3) is 0.459. The molecule has 1 heterocycles. The maximum Gasteiger partial charge on any atom is 0.387 e. The number of anilines is 1. The van der Waals surface area contributed by atoms with Crippen LogP contribution < -0.4 is 23.2 Å². The zero-order valence-corrected chi connectivity index (χ0v) is 33.7. The highest BCUT2D eigenvalue weighted by Crippen LogP contribution is 2.39. The molecule has 0 aliphatic heterocycles. The van der Waals surface area contributed by atoms with Crippen LogP contribution in [-0.4, -0.2) is 63.5 Å². The Morgan fingerprint density at radius 2 is 1.57 bits per heavy atom. The van der Waals surface area contributed by atoms with Crippen molar-refractivity contribution in [1.29, 1.82) is 0 Å². The van der Waals surface area contributed by atoms with E-state index in [4.69, 9.17) is 42.1 Å². The molecule has 2 aliphatic rings. The summed E-state index contributed by atoms with van der Waals surface area (Å²) in [4.78, 5) is 39.3. The van der Waals surface area contributed by atoms with Crippen molar-refractivity contribution in [3.63, 3.8) is 0 Å². The molecular formula is C37H39Cl2F2N2O11S2-. The number of benzene rings is 2. The molecule has 3 aromatic rings. The number of aromatic nitrogens is 1. The number of thioether (sulfide) groups is 1. The molecule has 2 saturated carbocycles. The minimum absolute atomic E-state index is 0.00316. The number of carbonyl (C=O) groups is 3. The SMILES string of the molecule is CC(C)(C)OC(=O)CN(c1ccc(C(=O)SCC(=O)O[C@@H](Cc2c(Cl)c[n+]([O-])cc2Cl)c2ccc(OC(F)F)c(OCC3CC3)c2)cc1OCC1CC1)S(=O)[O-]. The number of alkyl halides is 2. The molecule has 5 rings (SSSR count). The van der Waals surface area contributed by atoms with Crippen LogP contribution in [0.25, 0.3) is 0 Å². The first-order valence-electron chi connectivity index (χ1n) is 17.5. The molecular weight excluding hydrogens is 821 g/mol. The molecule has 0 saturated heterocycles. The van der Waals surface area contributed by atoms with Crippen molar-refractivity contribution in [2.45, 2.75) is 71.2 Å². The summed E-state index contributed by atoms with van der Waals surface area (Å²) in [5.74, 6) is -1.80. The van der Waals surface area contributed by atoms with E-state index in [1.165, 1.54) is 36.4 Å². The lowest BCUT2D eigenvalue weighted by Gasteiger charge is -2.29. The van der Waals surface area contributed by atoms with Crippen LogP contribution in [0.2, 0.25) is 10.0 Å². The largest absolute Gasteiger partial charge is 0.755 e. The van der Waals surface area contributed by atoms with Gasteiger partial charge in [0, 0.05) is 28.8 Å². The van der Waals surface area contributed by atoms with Crippen molar-refractivity contribution < 1.29 is 60.3 Å². The normalized spacial score (nSPS) is 15.2. The second kappa shape index (κ2) is 19.0. The number of hydrogen-bond donors (Lipinski definition) is 0. The second-order valence-corrected chi connectivity index (χ2v) is 16.8. The van der Waals surface area contributed by atoms with Gasteiger partial charge < -0.3 is 33.4 Å². The molecule has 56 heavy (non-hydrogen) atoms. The van der Waals surface area contributed by atoms with Gasteiger partial charge in [0.15, 0.2) is 23.9 Å².